The Bertz CT molecular complexity index is 412. The lowest BCUT2D eigenvalue weighted by Crippen LogP contribution is -2.29. The zero-order chi connectivity index (χ0) is 14.8. The number of hydrogen-bond donors (Lipinski definition) is 1. The molecule has 1 N–H and O–H groups in total. The van der Waals surface area contributed by atoms with Gasteiger partial charge in [-0.15, -0.1) is 0 Å². The van der Waals surface area contributed by atoms with E-state index in [1.165, 1.54) is 6.07 Å². The molecule has 0 fully saturated rings. The third kappa shape index (κ3) is 6.02. The standard InChI is InChI=1S/C15H22FNO3/c1-17(10-5-2-6-11-18)15(19)9-12-20-14-8-4-3-7-13(14)16/h3-4,7-8,18H,2,5-6,9-12H2,1H3. The number of ether oxygens (including phenoxy) is 1. The molecule has 1 aromatic carbocycles. The summed E-state index contributed by atoms with van der Waals surface area (Å²) in [7, 11) is 1.74. The molecule has 0 aliphatic carbocycles. The zero-order valence-corrected chi connectivity index (χ0v) is 11.8. The highest BCUT2D eigenvalue weighted by molar-refractivity contribution is 5.75. The van der Waals surface area contributed by atoms with Crippen molar-refractivity contribution in [1.82, 2.24) is 4.90 Å². The second-order valence-corrected chi connectivity index (χ2v) is 4.63. The maximum absolute atomic E-state index is 13.3. The van der Waals surface area contributed by atoms with Gasteiger partial charge in [0.2, 0.25) is 5.91 Å². The second kappa shape index (κ2) is 9.31. The fourth-order valence-electron chi connectivity index (χ4n) is 1.76. The van der Waals surface area contributed by atoms with Gasteiger partial charge in [-0.1, -0.05) is 12.1 Å². The molecular weight excluding hydrogens is 261 g/mol. The first-order chi connectivity index (χ1) is 9.65. The van der Waals surface area contributed by atoms with E-state index >= 15 is 0 Å². The van der Waals surface area contributed by atoms with Crippen LogP contribution in [0.3, 0.4) is 0 Å². The van der Waals surface area contributed by atoms with Crippen LogP contribution in [0.15, 0.2) is 24.3 Å². The molecule has 1 rings (SSSR count). The number of unbranched alkanes of at least 4 members (excludes halogenated alkanes) is 2. The Labute approximate surface area is 119 Å². The molecule has 1 aromatic rings. The van der Waals surface area contributed by atoms with Crippen molar-refractivity contribution in [1.29, 1.82) is 0 Å². The lowest BCUT2D eigenvalue weighted by molar-refractivity contribution is -0.130. The summed E-state index contributed by atoms with van der Waals surface area (Å²) in [6.07, 6.45) is 2.76. The maximum Gasteiger partial charge on any atom is 0.225 e. The molecule has 20 heavy (non-hydrogen) atoms. The molecule has 1 amide bonds. The average Bonchev–Trinajstić information content (AvgIpc) is 2.45. The number of carbonyl (C=O) groups is 1. The Morgan fingerprint density at radius 1 is 1.30 bits per heavy atom. The van der Waals surface area contributed by atoms with Crippen LogP contribution in [0.1, 0.15) is 25.7 Å². The summed E-state index contributed by atoms with van der Waals surface area (Å²) in [5.41, 5.74) is 0. The normalized spacial score (nSPS) is 10.3. The van der Waals surface area contributed by atoms with Crippen LogP contribution >= 0.6 is 0 Å². The van der Waals surface area contributed by atoms with Crippen LogP contribution in [0.5, 0.6) is 5.75 Å². The lowest BCUT2D eigenvalue weighted by atomic mass is 10.2. The Balaban J connectivity index is 2.21. The van der Waals surface area contributed by atoms with Gasteiger partial charge in [-0.3, -0.25) is 4.79 Å². The van der Waals surface area contributed by atoms with E-state index in [1.54, 1.807) is 30.1 Å². The monoisotopic (exact) mass is 283 g/mol. The first-order valence-corrected chi connectivity index (χ1v) is 6.87. The topological polar surface area (TPSA) is 49.8 Å². The molecule has 0 saturated heterocycles. The van der Waals surface area contributed by atoms with Crippen molar-refractivity contribution >= 4 is 5.91 Å². The summed E-state index contributed by atoms with van der Waals surface area (Å²) in [5.74, 6) is -0.270. The quantitative estimate of drug-likeness (QED) is 0.707. The van der Waals surface area contributed by atoms with Gasteiger partial charge in [0.1, 0.15) is 0 Å². The fraction of sp³-hybridized carbons (Fsp3) is 0.533. The van der Waals surface area contributed by atoms with Crippen molar-refractivity contribution in [2.45, 2.75) is 25.7 Å². The van der Waals surface area contributed by atoms with E-state index < -0.39 is 5.82 Å². The zero-order valence-electron chi connectivity index (χ0n) is 11.8. The van der Waals surface area contributed by atoms with Crippen molar-refractivity contribution in [2.75, 3.05) is 26.8 Å². The van der Waals surface area contributed by atoms with Gasteiger partial charge in [-0.2, -0.15) is 0 Å². The molecule has 0 saturated carbocycles. The number of benzene rings is 1. The Hall–Kier alpha value is -1.62. The van der Waals surface area contributed by atoms with E-state index in [1.807, 2.05) is 0 Å². The van der Waals surface area contributed by atoms with Gasteiger partial charge in [0.25, 0.3) is 0 Å². The van der Waals surface area contributed by atoms with E-state index in [4.69, 9.17) is 9.84 Å². The Morgan fingerprint density at radius 2 is 2.05 bits per heavy atom. The molecule has 0 aliphatic rings. The van der Waals surface area contributed by atoms with Crippen molar-refractivity contribution in [2.24, 2.45) is 0 Å². The number of aliphatic hydroxyl groups is 1. The van der Waals surface area contributed by atoms with Crippen LogP contribution in [-0.2, 0) is 4.79 Å². The molecule has 0 radical (unpaired) electrons. The van der Waals surface area contributed by atoms with Gasteiger partial charge in [0.05, 0.1) is 13.0 Å². The molecule has 0 bridgehead atoms. The SMILES string of the molecule is CN(CCCCCO)C(=O)CCOc1ccccc1F. The Morgan fingerprint density at radius 3 is 2.75 bits per heavy atom. The molecule has 0 spiro atoms. The molecule has 4 nitrogen and oxygen atoms in total. The molecule has 0 atom stereocenters. The van der Waals surface area contributed by atoms with Crippen molar-refractivity contribution < 1.29 is 19.0 Å². The highest BCUT2D eigenvalue weighted by atomic mass is 19.1. The van der Waals surface area contributed by atoms with Gasteiger partial charge in [0.15, 0.2) is 11.6 Å². The van der Waals surface area contributed by atoms with E-state index in [0.717, 1.165) is 19.3 Å². The minimum atomic E-state index is -0.419. The third-order valence-electron chi connectivity index (χ3n) is 2.99. The van der Waals surface area contributed by atoms with Gasteiger partial charge in [-0.25, -0.2) is 4.39 Å². The number of para-hydroxylation sites is 1. The number of nitrogens with zero attached hydrogens (tertiary/aromatic N) is 1. The average molecular weight is 283 g/mol. The first kappa shape index (κ1) is 16.4. The largest absolute Gasteiger partial charge is 0.490 e. The van der Waals surface area contributed by atoms with Crippen LogP contribution in [0.25, 0.3) is 0 Å². The molecule has 0 aromatic heterocycles. The Kier molecular flexibility index (Phi) is 7.65. The summed E-state index contributed by atoms with van der Waals surface area (Å²) >= 11 is 0. The predicted molar refractivity (Wildman–Crippen MR) is 75.1 cm³/mol. The predicted octanol–water partition coefficient (Wildman–Crippen LogP) is 2.22. The summed E-state index contributed by atoms with van der Waals surface area (Å²) in [6, 6.07) is 6.14. The molecular formula is C15H22FNO3. The summed E-state index contributed by atoms with van der Waals surface area (Å²) < 4.78 is 18.5. The van der Waals surface area contributed by atoms with Crippen LogP contribution in [0.4, 0.5) is 4.39 Å². The number of halogens is 1. The van der Waals surface area contributed by atoms with Gasteiger partial charge >= 0.3 is 0 Å². The highest BCUT2D eigenvalue weighted by Crippen LogP contribution is 2.15. The summed E-state index contributed by atoms with van der Waals surface area (Å²) in [4.78, 5) is 13.4. The molecule has 0 aliphatic heterocycles. The molecule has 112 valence electrons. The second-order valence-electron chi connectivity index (χ2n) is 4.63. The van der Waals surface area contributed by atoms with Crippen LogP contribution in [0.2, 0.25) is 0 Å². The van der Waals surface area contributed by atoms with Crippen LogP contribution in [0, 0.1) is 5.82 Å². The number of carbonyl (C=O) groups excluding carboxylic acids is 1. The summed E-state index contributed by atoms with van der Waals surface area (Å²) in [6.45, 7) is 1.02. The molecule has 5 heteroatoms. The first-order valence-electron chi connectivity index (χ1n) is 6.87. The smallest absolute Gasteiger partial charge is 0.225 e. The van der Waals surface area contributed by atoms with E-state index in [-0.39, 0.29) is 31.3 Å². The van der Waals surface area contributed by atoms with Gasteiger partial charge in [-0.05, 0) is 31.4 Å². The van der Waals surface area contributed by atoms with Crippen molar-refractivity contribution in [3.63, 3.8) is 0 Å². The third-order valence-corrected chi connectivity index (χ3v) is 2.99. The van der Waals surface area contributed by atoms with Crippen molar-refractivity contribution in [3.05, 3.63) is 30.1 Å². The van der Waals surface area contributed by atoms with Crippen LogP contribution in [-0.4, -0.2) is 42.7 Å². The number of rotatable bonds is 9. The highest BCUT2D eigenvalue weighted by Gasteiger charge is 2.09. The molecule has 0 unspecified atom stereocenters. The van der Waals surface area contributed by atoms with Gasteiger partial charge in [0, 0.05) is 20.2 Å². The van der Waals surface area contributed by atoms with Crippen molar-refractivity contribution in [3.8, 4) is 5.75 Å². The maximum atomic E-state index is 13.3. The lowest BCUT2D eigenvalue weighted by Gasteiger charge is -2.17. The van der Waals surface area contributed by atoms with E-state index in [0.29, 0.717) is 6.54 Å². The number of aliphatic hydroxyl groups excluding tert-OH is 1. The van der Waals surface area contributed by atoms with Gasteiger partial charge < -0.3 is 14.7 Å². The number of amides is 1. The minimum absolute atomic E-state index is 0.0228. The number of hydrogen-bond acceptors (Lipinski definition) is 3. The fourth-order valence-corrected chi connectivity index (χ4v) is 1.76. The summed E-state index contributed by atoms with van der Waals surface area (Å²) in [5, 5.41) is 8.66. The van der Waals surface area contributed by atoms with E-state index in [9.17, 15) is 9.18 Å². The van der Waals surface area contributed by atoms with Crippen LogP contribution < -0.4 is 4.74 Å². The minimum Gasteiger partial charge on any atom is -0.490 e. The molecule has 0 heterocycles. The van der Waals surface area contributed by atoms with E-state index in [2.05, 4.69) is 0 Å².